The highest BCUT2D eigenvalue weighted by molar-refractivity contribution is 7.09. The van der Waals surface area contributed by atoms with Crippen molar-refractivity contribution in [3.63, 3.8) is 0 Å². The minimum Gasteiger partial charge on any atom is -0.565 e. The standard InChI is InChI=1S/C27H38F3NO6S/c1-16(12-20-15-38-22(14-32)31-20)8-6-10-19(27(28,29)30)11-7-9-17(2)24(36)18(3)25(37)26(4,5)21(33)13-23(34)35/h7,9-10,12,15,17-18,21,24,32-33,36H,6,8,11,13-14H2,1-5H3,(H,34,35)/p+1/b9-7+,16-12+,19-10+/t17-,18+,21-,24-/m0/s1. The summed E-state index contributed by atoms with van der Waals surface area (Å²) in [6, 6.07) is 0. The Labute approximate surface area is 225 Å². The Kier molecular flexibility index (Phi) is 13.0. The fourth-order valence-corrected chi connectivity index (χ4v) is 4.50. The molecule has 1 rings (SSSR count). The summed E-state index contributed by atoms with van der Waals surface area (Å²) in [5, 5.41) is 39.2. The number of aromatic nitrogens is 1. The van der Waals surface area contributed by atoms with E-state index < -0.39 is 65.8 Å². The largest absolute Gasteiger partial charge is 0.565 e. The lowest BCUT2D eigenvalue weighted by Crippen LogP contribution is -2.45. The molecule has 38 heavy (non-hydrogen) atoms. The van der Waals surface area contributed by atoms with Crippen LogP contribution in [0.4, 0.5) is 13.2 Å². The Morgan fingerprint density at radius 1 is 1.21 bits per heavy atom. The number of allylic oxidation sites excluding steroid dienone is 4. The lowest BCUT2D eigenvalue weighted by Gasteiger charge is -2.33. The maximum atomic E-state index is 13.5. The van der Waals surface area contributed by atoms with E-state index >= 15 is 0 Å². The number of thiazole rings is 1. The molecule has 0 aliphatic heterocycles. The predicted molar refractivity (Wildman–Crippen MR) is 141 cm³/mol. The third kappa shape index (κ3) is 10.4. The van der Waals surface area contributed by atoms with Gasteiger partial charge in [-0.2, -0.15) is 13.2 Å². The molecular formula is C27H39F3NO6S+. The van der Waals surface area contributed by atoms with Gasteiger partial charge in [0.1, 0.15) is 17.2 Å². The topological polar surface area (TPSA) is 131 Å². The molecule has 214 valence electrons. The lowest BCUT2D eigenvalue weighted by atomic mass is 9.73. The number of Topliss-reactive ketones (excluding diaryl/α,β-unsaturated/α-hetero) is 1. The molecule has 0 spiro atoms. The van der Waals surface area contributed by atoms with Crippen molar-refractivity contribution in [3.8, 4) is 0 Å². The number of aliphatic hydroxyl groups is 3. The number of carbonyl (C=O) groups is 2. The number of aliphatic hydroxyl groups excluding tert-OH is 3. The Bertz CT molecular complexity index is 1030. The molecule has 1 aromatic heterocycles. The number of nitrogens with zero attached hydrogens (tertiary/aromatic N) is 1. The summed E-state index contributed by atoms with van der Waals surface area (Å²) in [4.78, 5) is 28.1. The normalized spacial score (nSPS) is 16.9. The first-order valence-electron chi connectivity index (χ1n) is 12.3. The van der Waals surface area contributed by atoms with Crippen LogP contribution in [0.3, 0.4) is 0 Å². The maximum absolute atomic E-state index is 13.5. The second-order valence-corrected chi connectivity index (χ2v) is 11.0. The summed E-state index contributed by atoms with van der Waals surface area (Å²) < 4.78 is 40.6. The summed E-state index contributed by atoms with van der Waals surface area (Å²) in [5.74, 6) is -3.14. The third-order valence-electron chi connectivity index (χ3n) is 6.48. The van der Waals surface area contributed by atoms with Crippen LogP contribution in [0.2, 0.25) is 0 Å². The molecule has 0 aliphatic rings. The highest BCUT2D eigenvalue weighted by atomic mass is 32.1. The van der Waals surface area contributed by atoms with Crippen LogP contribution in [0.25, 0.3) is 6.08 Å². The molecule has 7 nitrogen and oxygen atoms in total. The van der Waals surface area contributed by atoms with Gasteiger partial charge in [-0.15, -0.1) is 11.3 Å². The van der Waals surface area contributed by atoms with Crippen molar-refractivity contribution in [2.45, 2.75) is 85.3 Å². The average Bonchev–Trinajstić information content (AvgIpc) is 3.27. The van der Waals surface area contributed by atoms with E-state index in [9.17, 15) is 33.0 Å². The molecule has 11 heteroatoms. The highest BCUT2D eigenvalue weighted by Crippen LogP contribution is 2.32. The number of alkyl halides is 3. The smallest absolute Gasteiger partial charge is 0.518 e. The van der Waals surface area contributed by atoms with Gasteiger partial charge in [0.15, 0.2) is 0 Å². The van der Waals surface area contributed by atoms with Crippen molar-refractivity contribution in [3.05, 3.63) is 45.5 Å². The molecule has 0 saturated carbocycles. The Hall–Kier alpha value is -2.34. The zero-order chi connectivity index (χ0) is 29.3. The van der Waals surface area contributed by atoms with Crippen molar-refractivity contribution in [1.82, 2.24) is 4.98 Å². The zero-order valence-electron chi connectivity index (χ0n) is 22.4. The van der Waals surface area contributed by atoms with Crippen LogP contribution in [0.5, 0.6) is 0 Å². The molecule has 0 aliphatic carbocycles. The molecule has 0 bridgehead atoms. The Balaban J connectivity index is 2.80. The van der Waals surface area contributed by atoms with Gasteiger partial charge in [0.25, 0.3) is 0 Å². The summed E-state index contributed by atoms with van der Waals surface area (Å²) in [6.45, 7) is 7.52. The number of hydrogen-bond acceptors (Lipinski definition) is 7. The van der Waals surface area contributed by atoms with Gasteiger partial charge in [-0.3, -0.25) is 4.79 Å². The minimum absolute atomic E-state index is 0.163. The first kappa shape index (κ1) is 33.7. The summed E-state index contributed by atoms with van der Waals surface area (Å²) in [5.41, 5.74) is -0.598. The van der Waals surface area contributed by atoms with Gasteiger partial charge in [-0.1, -0.05) is 51.5 Å². The summed E-state index contributed by atoms with van der Waals surface area (Å²) in [6.07, 6.45) is -1.82. The van der Waals surface area contributed by atoms with E-state index in [1.807, 2.05) is 0 Å². The molecule has 0 amide bonds. The van der Waals surface area contributed by atoms with Crippen LogP contribution in [0, 0.1) is 17.3 Å². The number of rotatable bonds is 15. The van der Waals surface area contributed by atoms with Crippen LogP contribution in [0.15, 0.2) is 34.8 Å². The first-order valence-corrected chi connectivity index (χ1v) is 13.2. The van der Waals surface area contributed by atoms with Gasteiger partial charge in [-0.25, -0.2) is 4.98 Å². The van der Waals surface area contributed by atoms with E-state index in [4.69, 9.17) is 10.2 Å². The van der Waals surface area contributed by atoms with Gasteiger partial charge in [0.05, 0.1) is 29.9 Å². The average molecular weight is 563 g/mol. The number of ketones is 1. The fraction of sp³-hybridized carbons (Fsp3) is 0.593. The third-order valence-corrected chi connectivity index (χ3v) is 7.33. The van der Waals surface area contributed by atoms with E-state index in [1.165, 1.54) is 44.3 Å². The fourth-order valence-electron chi connectivity index (χ4n) is 3.89. The zero-order valence-corrected chi connectivity index (χ0v) is 23.2. The quantitative estimate of drug-likeness (QED) is 0.213. The van der Waals surface area contributed by atoms with Gasteiger partial charge in [-0.05, 0) is 32.3 Å². The molecule has 0 fully saturated rings. The Morgan fingerprint density at radius 3 is 2.37 bits per heavy atom. The van der Waals surface area contributed by atoms with Crippen molar-refractivity contribution < 1.29 is 43.2 Å². The van der Waals surface area contributed by atoms with Crippen LogP contribution in [-0.4, -0.2) is 55.5 Å². The van der Waals surface area contributed by atoms with Gasteiger partial charge in [0, 0.05) is 27.6 Å². The number of carbonyl (C=O) groups excluding carboxylic acids is 2. The van der Waals surface area contributed by atoms with Crippen molar-refractivity contribution in [2.75, 3.05) is 0 Å². The molecule has 0 saturated heterocycles. The maximum Gasteiger partial charge on any atom is 0.518 e. The van der Waals surface area contributed by atoms with Gasteiger partial charge in [0.2, 0.25) is 0 Å². The van der Waals surface area contributed by atoms with Crippen molar-refractivity contribution in [1.29, 1.82) is 0 Å². The van der Waals surface area contributed by atoms with Crippen molar-refractivity contribution >= 4 is 29.2 Å². The molecule has 5 N–H and O–H groups in total. The SMILES string of the molecule is C/C(=C\c1csc(CO)n1)CC/C=C(\C/C=C/[C@H](C)[C@H](O)[C@@H](C)C(=O)C(C)(C)[C@@H](O)CC(=O)[OH2+])C(F)(F)F. The van der Waals surface area contributed by atoms with E-state index in [1.54, 1.807) is 25.3 Å². The van der Waals surface area contributed by atoms with Crippen LogP contribution < -0.4 is 0 Å². The first-order chi connectivity index (χ1) is 17.5. The minimum atomic E-state index is -4.52. The van der Waals surface area contributed by atoms with Crippen LogP contribution in [-0.2, 0) is 16.2 Å². The predicted octanol–water partition coefficient (Wildman–Crippen LogP) is 4.48. The van der Waals surface area contributed by atoms with Crippen molar-refractivity contribution in [2.24, 2.45) is 17.3 Å². The van der Waals surface area contributed by atoms with Crippen LogP contribution >= 0.6 is 11.3 Å². The molecule has 0 aromatic carbocycles. The molecule has 0 unspecified atom stereocenters. The van der Waals surface area contributed by atoms with E-state index in [0.29, 0.717) is 17.1 Å². The summed E-state index contributed by atoms with van der Waals surface area (Å²) >= 11 is 1.30. The van der Waals surface area contributed by atoms with Gasteiger partial charge < -0.3 is 20.4 Å². The second-order valence-electron chi connectivity index (χ2n) is 10.1. The molecule has 0 radical (unpaired) electrons. The molecule has 4 atom stereocenters. The monoisotopic (exact) mass is 562 g/mol. The number of hydrogen-bond donors (Lipinski definition) is 3. The molecule has 1 heterocycles. The second kappa shape index (κ2) is 14.7. The van der Waals surface area contributed by atoms with E-state index in [-0.39, 0.29) is 13.0 Å². The van der Waals surface area contributed by atoms with Crippen LogP contribution in [0.1, 0.15) is 71.0 Å². The van der Waals surface area contributed by atoms with E-state index in [0.717, 1.165) is 11.6 Å². The lowest BCUT2D eigenvalue weighted by molar-refractivity contribution is -0.147. The summed E-state index contributed by atoms with van der Waals surface area (Å²) in [7, 11) is 0. The highest BCUT2D eigenvalue weighted by Gasteiger charge is 2.42. The molecular weight excluding hydrogens is 523 g/mol. The Morgan fingerprint density at radius 2 is 1.84 bits per heavy atom. The number of halogens is 3. The van der Waals surface area contributed by atoms with E-state index in [2.05, 4.69) is 4.98 Å². The van der Waals surface area contributed by atoms with Gasteiger partial charge >= 0.3 is 12.1 Å². The molecule has 1 aromatic rings.